The molecule has 2 N–H and O–H groups in total. The van der Waals surface area contributed by atoms with Crippen molar-refractivity contribution >= 4 is 5.82 Å². The van der Waals surface area contributed by atoms with Crippen molar-refractivity contribution in [1.29, 1.82) is 0 Å². The predicted molar refractivity (Wildman–Crippen MR) is 71.4 cm³/mol. The van der Waals surface area contributed by atoms with Crippen LogP contribution in [0.15, 0.2) is 12.3 Å². The summed E-state index contributed by atoms with van der Waals surface area (Å²) in [5, 5.41) is 18.3. The Morgan fingerprint density at radius 3 is 2.63 bits per heavy atom. The quantitative estimate of drug-likeness (QED) is 0.855. The van der Waals surface area contributed by atoms with Crippen LogP contribution in [0.1, 0.15) is 37.7 Å². The fraction of sp³-hybridized carbons (Fsp3) is 0.643. The summed E-state index contributed by atoms with van der Waals surface area (Å²) in [6, 6.07) is 1.72. The third kappa shape index (κ3) is 3.22. The molecule has 0 aromatic carbocycles. The minimum atomic E-state index is -0.468. The Morgan fingerprint density at radius 2 is 2.00 bits per heavy atom. The molecule has 0 amide bonds. The maximum absolute atomic E-state index is 14.3. The molecule has 1 heterocycles. The van der Waals surface area contributed by atoms with Crippen molar-refractivity contribution in [3.63, 3.8) is 0 Å². The lowest BCUT2D eigenvalue weighted by molar-refractivity contribution is 0.274. The zero-order chi connectivity index (χ0) is 13.7. The Kier molecular flexibility index (Phi) is 5.10. The van der Waals surface area contributed by atoms with Gasteiger partial charge in [-0.3, -0.25) is 0 Å². The van der Waals surface area contributed by atoms with E-state index in [2.05, 4.69) is 4.98 Å². The molecule has 0 aliphatic heterocycles. The number of hydrogen-bond donors (Lipinski definition) is 2. The van der Waals surface area contributed by atoms with Gasteiger partial charge in [0.25, 0.3) is 0 Å². The van der Waals surface area contributed by atoms with Crippen molar-refractivity contribution in [2.75, 3.05) is 18.1 Å². The highest BCUT2D eigenvalue weighted by Crippen LogP contribution is 2.28. The van der Waals surface area contributed by atoms with Crippen LogP contribution in [-0.4, -0.2) is 34.4 Å². The molecule has 0 bridgehead atoms. The van der Waals surface area contributed by atoms with Crippen molar-refractivity contribution in [2.24, 2.45) is 0 Å². The SMILES string of the molecule is OCCN(c1nccc(CO)c1F)C1CCCCC1. The van der Waals surface area contributed by atoms with Crippen molar-refractivity contribution in [2.45, 2.75) is 44.8 Å². The van der Waals surface area contributed by atoms with Crippen LogP contribution >= 0.6 is 0 Å². The number of pyridine rings is 1. The van der Waals surface area contributed by atoms with E-state index in [1.165, 1.54) is 18.7 Å². The highest BCUT2D eigenvalue weighted by atomic mass is 19.1. The molecular weight excluding hydrogens is 247 g/mol. The minimum absolute atomic E-state index is 0.0268. The summed E-state index contributed by atoms with van der Waals surface area (Å²) in [5.74, 6) is -0.212. The lowest BCUT2D eigenvalue weighted by Crippen LogP contribution is -2.40. The van der Waals surface area contributed by atoms with E-state index in [0.717, 1.165) is 25.7 Å². The Labute approximate surface area is 112 Å². The van der Waals surface area contributed by atoms with Gasteiger partial charge >= 0.3 is 0 Å². The first-order valence-electron chi connectivity index (χ1n) is 6.89. The molecule has 19 heavy (non-hydrogen) atoms. The molecule has 1 aromatic heterocycles. The second-order valence-electron chi connectivity index (χ2n) is 4.97. The van der Waals surface area contributed by atoms with Crippen LogP contribution in [0.2, 0.25) is 0 Å². The number of nitrogens with zero attached hydrogens (tertiary/aromatic N) is 2. The summed E-state index contributed by atoms with van der Waals surface area (Å²) in [5.41, 5.74) is 0.253. The van der Waals surface area contributed by atoms with E-state index in [4.69, 9.17) is 5.11 Å². The highest BCUT2D eigenvalue weighted by molar-refractivity contribution is 5.44. The van der Waals surface area contributed by atoms with Gasteiger partial charge in [-0.2, -0.15) is 0 Å². The van der Waals surface area contributed by atoms with E-state index < -0.39 is 5.82 Å². The first kappa shape index (κ1) is 14.2. The maximum atomic E-state index is 14.3. The fourth-order valence-corrected chi connectivity index (χ4v) is 2.76. The molecule has 1 fully saturated rings. The Hall–Kier alpha value is -1.20. The summed E-state index contributed by atoms with van der Waals surface area (Å²) in [6.45, 7) is 0.0173. The second kappa shape index (κ2) is 6.82. The molecule has 2 rings (SSSR count). The van der Waals surface area contributed by atoms with Gasteiger partial charge in [0.15, 0.2) is 11.6 Å². The Bertz CT molecular complexity index is 408. The van der Waals surface area contributed by atoms with Gasteiger partial charge in [0.2, 0.25) is 0 Å². The maximum Gasteiger partial charge on any atom is 0.171 e. The second-order valence-corrected chi connectivity index (χ2v) is 4.97. The zero-order valence-corrected chi connectivity index (χ0v) is 11.1. The van der Waals surface area contributed by atoms with Gasteiger partial charge in [-0.15, -0.1) is 0 Å². The number of rotatable bonds is 5. The van der Waals surface area contributed by atoms with E-state index in [1.54, 1.807) is 0 Å². The standard InChI is InChI=1S/C14H21FN2O2/c15-13-11(10-19)6-7-16-14(13)17(8-9-18)12-4-2-1-3-5-12/h6-7,12,18-19H,1-5,8-10H2. The molecule has 0 unspecified atom stereocenters. The van der Waals surface area contributed by atoms with Crippen LogP contribution in [-0.2, 0) is 6.61 Å². The van der Waals surface area contributed by atoms with Crippen molar-refractivity contribution in [3.8, 4) is 0 Å². The third-order valence-corrected chi connectivity index (χ3v) is 3.75. The number of aliphatic hydroxyl groups excluding tert-OH is 2. The molecule has 0 atom stereocenters. The lowest BCUT2D eigenvalue weighted by atomic mass is 9.94. The van der Waals surface area contributed by atoms with Gasteiger partial charge < -0.3 is 15.1 Å². The number of aliphatic hydroxyl groups is 2. The monoisotopic (exact) mass is 268 g/mol. The van der Waals surface area contributed by atoms with Crippen LogP contribution in [0, 0.1) is 5.82 Å². The summed E-state index contributed by atoms with van der Waals surface area (Å²) >= 11 is 0. The van der Waals surface area contributed by atoms with Gasteiger partial charge in [0.1, 0.15) is 0 Å². The van der Waals surface area contributed by atoms with Gasteiger partial charge in [-0.05, 0) is 18.9 Å². The van der Waals surface area contributed by atoms with Gasteiger partial charge in [-0.25, -0.2) is 9.37 Å². The number of halogens is 1. The molecular formula is C14H21FN2O2. The molecule has 5 heteroatoms. The van der Waals surface area contributed by atoms with Crippen molar-refractivity contribution < 1.29 is 14.6 Å². The largest absolute Gasteiger partial charge is 0.395 e. The average Bonchev–Trinajstić information content (AvgIpc) is 2.46. The zero-order valence-electron chi connectivity index (χ0n) is 11.1. The molecule has 4 nitrogen and oxygen atoms in total. The van der Waals surface area contributed by atoms with E-state index in [-0.39, 0.29) is 30.6 Å². The number of aromatic nitrogens is 1. The summed E-state index contributed by atoms with van der Waals surface area (Å²) in [7, 11) is 0. The Morgan fingerprint density at radius 1 is 1.26 bits per heavy atom. The molecule has 1 aromatic rings. The number of hydrogen-bond acceptors (Lipinski definition) is 4. The Balaban J connectivity index is 2.27. The molecule has 0 spiro atoms. The summed E-state index contributed by atoms with van der Waals surface area (Å²) in [4.78, 5) is 5.96. The topological polar surface area (TPSA) is 56.6 Å². The first-order valence-corrected chi connectivity index (χ1v) is 6.89. The molecule has 1 aliphatic carbocycles. The van der Waals surface area contributed by atoms with Crippen molar-refractivity contribution in [3.05, 3.63) is 23.6 Å². The molecule has 0 radical (unpaired) electrons. The molecule has 0 saturated heterocycles. The van der Waals surface area contributed by atoms with E-state index >= 15 is 0 Å². The minimum Gasteiger partial charge on any atom is -0.395 e. The third-order valence-electron chi connectivity index (χ3n) is 3.75. The van der Waals surface area contributed by atoms with Crippen LogP contribution in [0.4, 0.5) is 10.2 Å². The fourth-order valence-electron chi connectivity index (χ4n) is 2.76. The van der Waals surface area contributed by atoms with E-state index in [9.17, 15) is 9.50 Å². The smallest absolute Gasteiger partial charge is 0.171 e. The van der Waals surface area contributed by atoms with Gasteiger partial charge in [0, 0.05) is 24.3 Å². The van der Waals surface area contributed by atoms with Crippen LogP contribution in [0.5, 0.6) is 0 Å². The highest BCUT2D eigenvalue weighted by Gasteiger charge is 2.25. The lowest BCUT2D eigenvalue weighted by Gasteiger charge is -2.35. The molecule has 1 aliphatic rings. The predicted octanol–water partition coefficient (Wildman–Crippen LogP) is 1.84. The van der Waals surface area contributed by atoms with E-state index in [1.807, 2.05) is 4.90 Å². The van der Waals surface area contributed by atoms with Crippen molar-refractivity contribution in [1.82, 2.24) is 4.98 Å². The van der Waals surface area contributed by atoms with E-state index in [0.29, 0.717) is 6.54 Å². The van der Waals surface area contributed by atoms with Crippen LogP contribution in [0.25, 0.3) is 0 Å². The van der Waals surface area contributed by atoms with Gasteiger partial charge in [0.05, 0.1) is 13.2 Å². The van der Waals surface area contributed by atoms with Crippen LogP contribution in [0.3, 0.4) is 0 Å². The van der Waals surface area contributed by atoms with Crippen LogP contribution < -0.4 is 4.90 Å². The molecule has 1 saturated carbocycles. The number of anilines is 1. The first-order chi connectivity index (χ1) is 9.27. The summed E-state index contributed by atoms with van der Waals surface area (Å²) < 4.78 is 14.3. The van der Waals surface area contributed by atoms with Gasteiger partial charge in [-0.1, -0.05) is 19.3 Å². The molecule has 106 valence electrons. The average molecular weight is 268 g/mol. The summed E-state index contributed by atoms with van der Waals surface area (Å²) in [6.07, 6.45) is 7.00. The normalized spacial score (nSPS) is 16.6.